The van der Waals surface area contributed by atoms with Gasteiger partial charge in [-0.2, -0.15) is 0 Å². The zero-order valence-corrected chi connectivity index (χ0v) is 19.4. The van der Waals surface area contributed by atoms with Crippen LogP contribution >= 0.6 is 11.3 Å². The molecule has 164 valence electrons. The van der Waals surface area contributed by atoms with Gasteiger partial charge in [-0.25, -0.2) is 14.8 Å². The minimum atomic E-state index is -0.170. The number of hydrogen-bond acceptors (Lipinski definition) is 6. The lowest BCUT2D eigenvalue weighted by molar-refractivity contribution is 0.256. The number of aromatic nitrogens is 2. The Morgan fingerprint density at radius 3 is 2.80 bits per heavy atom. The van der Waals surface area contributed by atoms with Gasteiger partial charge in [-0.3, -0.25) is 10.2 Å². The van der Waals surface area contributed by atoms with E-state index < -0.39 is 0 Å². The van der Waals surface area contributed by atoms with Gasteiger partial charge in [-0.15, -0.1) is 11.3 Å². The third-order valence-corrected chi connectivity index (χ3v) is 6.13. The summed E-state index contributed by atoms with van der Waals surface area (Å²) in [7, 11) is 0. The van der Waals surface area contributed by atoms with Crippen LogP contribution in [0, 0.1) is 12.8 Å². The molecule has 2 amide bonds. The fourth-order valence-electron chi connectivity index (χ4n) is 3.85. The number of fused-ring (bicyclic) bond motifs is 1. The summed E-state index contributed by atoms with van der Waals surface area (Å²) in [5.41, 5.74) is 0.916. The average molecular weight is 431 g/mol. The SMILES string of the molecule is CC.Cc1cnc(NC(=O)N2CCCCNc3ccc(N4CCCC(C)C4)nc32)s1. The molecule has 1 fully saturated rings. The first-order valence-corrected chi connectivity index (χ1v) is 11.9. The number of urea groups is 1. The lowest BCUT2D eigenvalue weighted by Gasteiger charge is -2.33. The van der Waals surface area contributed by atoms with Gasteiger partial charge in [0.05, 0.1) is 5.69 Å². The number of carbonyl (C=O) groups is 1. The highest BCUT2D eigenvalue weighted by Gasteiger charge is 2.25. The summed E-state index contributed by atoms with van der Waals surface area (Å²) in [6.07, 6.45) is 6.18. The Morgan fingerprint density at radius 2 is 2.07 bits per heavy atom. The first-order valence-electron chi connectivity index (χ1n) is 11.1. The van der Waals surface area contributed by atoms with E-state index in [1.165, 1.54) is 24.2 Å². The smallest absolute Gasteiger partial charge is 0.329 e. The Balaban J connectivity index is 0.00000124. The lowest BCUT2D eigenvalue weighted by atomic mass is 10.0. The Hall–Kier alpha value is -2.35. The summed E-state index contributed by atoms with van der Waals surface area (Å²) in [5.74, 6) is 2.33. The summed E-state index contributed by atoms with van der Waals surface area (Å²) in [5, 5.41) is 7.01. The second-order valence-corrected chi connectivity index (χ2v) is 8.96. The largest absolute Gasteiger partial charge is 0.382 e. The molecule has 2 aromatic rings. The van der Waals surface area contributed by atoms with E-state index in [9.17, 15) is 4.79 Å². The molecule has 4 heterocycles. The van der Waals surface area contributed by atoms with Crippen molar-refractivity contribution in [3.8, 4) is 0 Å². The van der Waals surface area contributed by atoms with Gasteiger partial charge in [0.1, 0.15) is 5.82 Å². The molecule has 0 bridgehead atoms. The van der Waals surface area contributed by atoms with Crippen molar-refractivity contribution >= 4 is 39.8 Å². The van der Waals surface area contributed by atoms with Crippen LogP contribution < -0.4 is 20.4 Å². The molecule has 2 aliphatic heterocycles. The van der Waals surface area contributed by atoms with E-state index in [-0.39, 0.29) is 6.03 Å². The van der Waals surface area contributed by atoms with Crippen LogP contribution in [0.3, 0.4) is 0 Å². The summed E-state index contributed by atoms with van der Waals surface area (Å²) < 4.78 is 0. The van der Waals surface area contributed by atoms with Crippen LogP contribution in [-0.2, 0) is 0 Å². The number of amides is 2. The van der Waals surface area contributed by atoms with Gasteiger partial charge in [-0.1, -0.05) is 20.8 Å². The monoisotopic (exact) mass is 430 g/mol. The highest BCUT2D eigenvalue weighted by Crippen LogP contribution is 2.31. The van der Waals surface area contributed by atoms with Crippen molar-refractivity contribution < 1.29 is 4.79 Å². The molecular weight excluding hydrogens is 396 g/mol. The number of hydrogen-bond donors (Lipinski definition) is 2. The molecule has 0 aromatic carbocycles. The summed E-state index contributed by atoms with van der Waals surface area (Å²) in [6.45, 7) is 11.9. The Kier molecular flexibility index (Phi) is 7.90. The number of nitrogens with zero attached hydrogens (tertiary/aromatic N) is 4. The molecule has 0 saturated carbocycles. The molecule has 0 spiro atoms. The van der Waals surface area contributed by atoms with E-state index in [0.29, 0.717) is 23.4 Å². The van der Waals surface area contributed by atoms with Crippen molar-refractivity contribution in [3.63, 3.8) is 0 Å². The van der Waals surface area contributed by atoms with E-state index in [0.717, 1.165) is 48.9 Å². The topological polar surface area (TPSA) is 73.4 Å². The predicted molar refractivity (Wildman–Crippen MR) is 127 cm³/mol. The van der Waals surface area contributed by atoms with E-state index in [1.54, 1.807) is 11.1 Å². The molecule has 2 aliphatic rings. The third kappa shape index (κ3) is 5.41. The molecule has 1 atom stereocenters. The molecule has 4 rings (SSSR count). The highest BCUT2D eigenvalue weighted by molar-refractivity contribution is 7.15. The zero-order chi connectivity index (χ0) is 21.5. The summed E-state index contributed by atoms with van der Waals surface area (Å²) in [6, 6.07) is 3.97. The molecule has 7 nitrogen and oxygen atoms in total. The van der Waals surface area contributed by atoms with Gasteiger partial charge >= 0.3 is 6.03 Å². The van der Waals surface area contributed by atoms with E-state index in [2.05, 4.69) is 39.6 Å². The Bertz CT molecular complexity index is 839. The second-order valence-electron chi connectivity index (χ2n) is 7.73. The van der Waals surface area contributed by atoms with Crippen molar-refractivity contribution in [2.24, 2.45) is 5.92 Å². The van der Waals surface area contributed by atoms with Crippen molar-refractivity contribution in [2.75, 3.05) is 46.6 Å². The molecule has 30 heavy (non-hydrogen) atoms. The van der Waals surface area contributed by atoms with E-state index >= 15 is 0 Å². The second kappa shape index (κ2) is 10.6. The van der Waals surface area contributed by atoms with Gasteiger partial charge < -0.3 is 10.2 Å². The first-order chi connectivity index (χ1) is 14.6. The minimum Gasteiger partial charge on any atom is -0.382 e. The third-order valence-electron chi connectivity index (χ3n) is 5.30. The molecule has 1 saturated heterocycles. The van der Waals surface area contributed by atoms with Crippen molar-refractivity contribution in [3.05, 3.63) is 23.2 Å². The van der Waals surface area contributed by atoms with Gasteiger partial charge in [0.2, 0.25) is 0 Å². The van der Waals surface area contributed by atoms with Crippen LogP contribution in [0.15, 0.2) is 18.3 Å². The first kappa shape index (κ1) is 22.3. The maximum Gasteiger partial charge on any atom is 0.329 e. The minimum absolute atomic E-state index is 0.170. The standard InChI is InChI=1S/C20H28N6OS.C2H6/c1-14-6-5-10-25(13-14)17-8-7-16-18(23-17)26(11-4-3-9-21-16)20(27)24-19-22-12-15(2)28-19;1-2/h7-8,12,14,21H,3-6,9-11,13H2,1-2H3,(H,22,24,27);1-2H3. The number of nitrogens with one attached hydrogen (secondary N) is 2. The number of rotatable bonds is 2. The van der Waals surface area contributed by atoms with Crippen LogP contribution in [0.1, 0.15) is 51.3 Å². The molecule has 1 unspecified atom stereocenters. The Morgan fingerprint density at radius 1 is 1.23 bits per heavy atom. The normalized spacial score (nSPS) is 18.9. The summed E-state index contributed by atoms with van der Waals surface area (Å²) >= 11 is 1.48. The molecule has 0 radical (unpaired) electrons. The van der Waals surface area contributed by atoms with Crippen molar-refractivity contribution in [1.29, 1.82) is 0 Å². The van der Waals surface area contributed by atoms with Crippen LogP contribution in [0.2, 0.25) is 0 Å². The van der Waals surface area contributed by atoms with Crippen molar-refractivity contribution in [2.45, 2.75) is 53.4 Å². The predicted octanol–water partition coefficient (Wildman–Crippen LogP) is 5.35. The number of anilines is 4. The van der Waals surface area contributed by atoms with Crippen molar-refractivity contribution in [1.82, 2.24) is 9.97 Å². The van der Waals surface area contributed by atoms with Gasteiger partial charge in [0.15, 0.2) is 10.9 Å². The molecule has 2 aromatic heterocycles. The van der Waals surface area contributed by atoms with Gasteiger partial charge in [0.25, 0.3) is 0 Å². The Labute approximate surface area is 183 Å². The van der Waals surface area contributed by atoms with Crippen LogP contribution in [0.25, 0.3) is 0 Å². The fraction of sp³-hybridized carbons (Fsp3) is 0.591. The van der Waals surface area contributed by atoms with Gasteiger partial charge in [0, 0.05) is 37.3 Å². The van der Waals surface area contributed by atoms with Crippen LogP contribution in [0.5, 0.6) is 0 Å². The number of aryl methyl sites for hydroxylation is 1. The molecular formula is C22H34N6OS. The fourth-order valence-corrected chi connectivity index (χ4v) is 4.50. The quantitative estimate of drug-likeness (QED) is 0.671. The average Bonchev–Trinajstić information content (AvgIpc) is 3.14. The number of thiazole rings is 1. The maximum absolute atomic E-state index is 13.0. The molecule has 0 aliphatic carbocycles. The zero-order valence-electron chi connectivity index (χ0n) is 18.6. The van der Waals surface area contributed by atoms with E-state index in [4.69, 9.17) is 4.98 Å². The molecule has 2 N–H and O–H groups in total. The van der Waals surface area contributed by atoms with E-state index in [1.807, 2.05) is 20.8 Å². The molecule has 8 heteroatoms. The lowest BCUT2D eigenvalue weighted by Crippen LogP contribution is -2.39. The number of carbonyl (C=O) groups excluding carboxylic acids is 1. The summed E-state index contributed by atoms with van der Waals surface area (Å²) in [4.78, 5) is 27.4. The number of piperidine rings is 1. The van der Waals surface area contributed by atoms with Gasteiger partial charge in [-0.05, 0) is 50.7 Å². The highest BCUT2D eigenvalue weighted by atomic mass is 32.1. The van der Waals surface area contributed by atoms with Crippen LogP contribution in [0.4, 0.5) is 27.2 Å². The number of pyridine rings is 1. The van der Waals surface area contributed by atoms with Crippen LogP contribution in [-0.4, -0.2) is 42.2 Å². The maximum atomic E-state index is 13.0.